The zero-order valence-electron chi connectivity index (χ0n) is 13.9. The lowest BCUT2D eigenvalue weighted by Crippen LogP contribution is -2.55. The van der Waals surface area contributed by atoms with Crippen molar-refractivity contribution in [1.82, 2.24) is 26.1 Å². The molecule has 0 spiro atoms. The number of carbonyl (C=O) groups is 3. The van der Waals surface area contributed by atoms with Crippen LogP contribution in [0.4, 0.5) is 4.79 Å². The molecule has 3 aliphatic heterocycles. The fraction of sp³-hybridized carbons (Fsp3) is 0.769. The number of urea groups is 1. The first-order chi connectivity index (χ1) is 12.3. The Kier molecular flexibility index (Phi) is 5.32. The Morgan fingerprint density at radius 3 is 2.58 bits per heavy atom. The van der Waals surface area contributed by atoms with Crippen LogP contribution in [0.25, 0.3) is 0 Å². The van der Waals surface area contributed by atoms with Crippen molar-refractivity contribution in [2.24, 2.45) is 5.92 Å². The first kappa shape index (κ1) is 18.8. The van der Waals surface area contributed by atoms with E-state index in [0.29, 0.717) is 18.0 Å². The molecule has 0 aromatic rings. The van der Waals surface area contributed by atoms with Gasteiger partial charge in [-0.25, -0.2) is 4.79 Å². The third kappa shape index (κ3) is 4.06. The van der Waals surface area contributed by atoms with Gasteiger partial charge in [-0.2, -0.15) is 13.5 Å². The maximum absolute atomic E-state index is 12.3. The van der Waals surface area contributed by atoms with E-state index in [0.717, 1.165) is 24.3 Å². The zero-order chi connectivity index (χ0) is 18.9. The fourth-order valence-electron chi connectivity index (χ4n) is 3.49. The van der Waals surface area contributed by atoms with Crippen LogP contribution in [0.5, 0.6) is 0 Å². The number of nitrogens with zero attached hydrogens (tertiary/aromatic N) is 2. The summed E-state index contributed by atoms with van der Waals surface area (Å²) < 4.78 is 34.8. The predicted octanol–water partition coefficient (Wildman–Crippen LogP) is -1.86. The van der Waals surface area contributed by atoms with E-state index in [4.69, 9.17) is 4.55 Å². The number of amides is 4. The number of hydroxylamine groups is 2. The number of rotatable bonds is 4. The van der Waals surface area contributed by atoms with Crippen LogP contribution in [0.1, 0.15) is 25.7 Å². The molecular formula is C13H21N5O7S. The molecule has 3 atom stereocenters. The summed E-state index contributed by atoms with van der Waals surface area (Å²) in [4.78, 5) is 37.8. The van der Waals surface area contributed by atoms with Crippen molar-refractivity contribution in [2.45, 2.75) is 37.8 Å². The highest BCUT2D eigenvalue weighted by molar-refractivity contribution is 7.80. The number of fused-ring (bicyclic) bond motifs is 2. The lowest BCUT2D eigenvalue weighted by molar-refractivity contribution is -0.133. The van der Waals surface area contributed by atoms with Crippen LogP contribution in [0.2, 0.25) is 0 Å². The molecule has 3 fully saturated rings. The quantitative estimate of drug-likeness (QED) is 0.321. The fourth-order valence-corrected chi connectivity index (χ4v) is 3.88. The van der Waals surface area contributed by atoms with Gasteiger partial charge in [0.15, 0.2) is 0 Å². The molecule has 3 aliphatic rings. The summed E-state index contributed by atoms with van der Waals surface area (Å²) in [5.74, 6) is -1.10. The summed E-state index contributed by atoms with van der Waals surface area (Å²) >= 11 is 0. The van der Waals surface area contributed by atoms with Gasteiger partial charge in [0.1, 0.15) is 6.04 Å². The molecule has 2 bridgehead atoms. The average molecular weight is 391 g/mol. The molecule has 0 aromatic heterocycles. The van der Waals surface area contributed by atoms with Crippen molar-refractivity contribution in [3.05, 3.63) is 0 Å². The van der Waals surface area contributed by atoms with Gasteiger partial charge >= 0.3 is 16.4 Å². The number of nitrogens with one attached hydrogen (secondary N) is 3. The first-order valence-electron chi connectivity index (χ1n) is 8.33. The zero-order valence-corrected chi connectivity index (χ0v) is 14.7. The van der Waals surface area contributed by atoms with E-state index < -0.39 is 34.4 Å². The predicted molar refractivity (Wildman–Crippen MR) is 85.3 cm³/mol. The number of hydrazine groups is 1. The standard InChI is InChI=1S/C13H21N5O7S/c19-11(8-2-1-5-14-6-8)15-16-12(20)10-4-3-9-7-17(10)13(21)18(9)25-26(22,23)24/h8-10,14H,1-7H2,(H,15,19)(H,16,20)(H,22,23,24)/t8-,9?,10?/m1/s1. The van der Waals surface area contributed by atoms with Crippen LogP contribution >= 0.6 is 0 Å². The highest BCUT2D eigenvalue weighted by Crippen LogP contribution is 2.30. The Hall–Kier alpha value is -1.96. The average Bonchev–Trinajstić information content (AvgIpc) is 2.84. The Balaban J connectivity index is 1.56. The molecule has 12 nitrogen and oxygen atoms in total. The van der Waals surface area contributed by atoms with Gasteiger partial charge < -0.3 is 10.2 Å². The minimum Gasteiger partial charge on any atom is -0.316 e. The van der Waals surface area contributed by atoms with E-state index in [1.807, 2.05) is 0 Å². The Labute approximate surface area is 150 Å². The molecule has 4 N–H and O–H groups in total. The highest BCUT2D eigenvalue weighted by Gasteiger charge is 2.49. The monoisotopic (exact) mass is 391 g/mol. The Morgan fingerprint density at radius 2 is 1.92 bits per heavy atom. The van der Waals surface area contributed by atoms with E-state index in [1.165, 1.54) is 0 Å². The van der Waals surface area contributed by atoms with E-state index in [-0.39, 0.29) is 24.8 Å². The molecule has 146 valence electrons. The molecule has 26 heavy (non-hydrogen) atoms. The molecule has 3 heterocycles. The molecule has 0 saturated carbocycles. The Morgan fingerprint density at radius 1 is 1.19 bits per heavy atom. The number of piperidine rings is 2. The minimum absolute atomic E-state index is 0.0902. The van der Waals surface area contributed by atoms with Crippen molar-refractivity contribution in [3.8, 4) is 0 Å². The van der Waals surface area contributed by atoms with Crippen LogP contribution in [-0.4, -0.2) is 72.5 Å². The van der Waals surface area contributed by atoms with Crippen LogP contribution in [0.3, 0.4) is 0 Å². The van der Waals surface area contributed by atoms with Gasteiger partial charge in [-0.1, -0.05) is 0 Å². The van der Waals surface area contributed by atoms with Gasteiger partial charge in [-0.05, 0) is 32.2 Å². The second kappa shape index (κ2) is 7.34. The molecule has 0 radical (unpaired) electrons. The van der Waals surface area contributed by atoms with E-state index >= 15 is 0 Å². The van der Waals surface area contributed by atoms with Crippen molar-refractivity contribution in [1.29, 1.82) is 0 Å². The van der Waals surface area contributed by atoms with Crippen LogP contribution in [0.15, 0.2) is 0 Å². The minimum atomic E-state index is -4.84. The molecule has 0 aliphatic carbocycles. The van der Waals surface area contributed by atoms with Crippen LogP contribution in [-0.2, 0) is 24.3 Å². The lowest BCUT2D eigenvalue weighted by Gasteiger charge is -2.29. The van der Waals surface area contributed by atoms with Gasteiger partial charge in [-0.15, -0.1) is 4.28 Å². The maximum Gasteiger partial charge on any atom is 0.418 e. The van der Waals surface area contributed by atoms with Gasteiger partial charge in [0.2, 0.25) is 5.91 Å². The first-order valence-corrected chi connectivity index (χ1v) is 9.70. The number of hydrogen-bond donors (Lipinski definition) is 4. The van der Waals surface area contributed by atoms with Gasteiger partial charge in [0, 0.05) is 13.1 Å². The largest absolute Gasteiger partial charge is 0.418 e. The van der Waals surface area contributed by atoms with Crippen LogP contribution < -0.4 is 16.2 Å². The van der Waals surface area contributed by atoms with Crippen molar-refractivity contribution >= 4 is 28.2 Å². The SMILES string of the molecule is O=C(NNC(=O)[C@@H]1CCCNC1)C1CCC2CN1C(=O)N2OS(=O)(=O)O. The van der Waals surface area contributed by atoms with Crippen molar-refractivity contribution in [3.63, 3.8) is 0 Å². The summed E-state index contributed by atoms with van der Waals surface area (Å²) in [6.07, 6.45) is 2.19. The normalized spacial score (nSPS) is 28.8. The van der Waals surface area contributed by atoms with Crippen molar-refractivity contribution in [2.75, 3.05) is 19.6 Å². The maximum atomic E-state index is 12.3. The third-order valence-electron chi connectivity index (χ3n) is 4.78. The number of carbonyl (C=O) groups excluding carboxylic acids is 3. The second-order valence-electron chi connectivity index (χ2n) is 6.53. The summed E-state index contributed by atoms with van der Waals surface area (Å²) in [6, 6.07) is -2.26. The van der Waals surface area contributed by atoms with Crippen molar-refractivity contribution < 1.29 is 31.6 Å². The van der Waals surface area contributed by atoms with E-state index in [1.54, 1.807) is 0 Å². The molecule has 3 rings (SSSR count). The molecule has 13 heteroatoms. The summed E-state index contributed by atoms with van der Waals surface area (Å²) in [6.45, 7) is 1.49. The summed E-state index contributed by atoms with van der Waals surface area (Å²) in [5, 5.41) is 3.67. The van der Waals surface area contributed by atoms with Gasteiger partial charge in [-0.3, -0.25) is 25.0 Å². The van der Waals surface area contributed by atoms with Crippen LogP contribution in [0, 0.1) is 5.92 Å². The topological polar surface area (TPSA) is 157 Å². The van der Waals surface area contributed by atoms with Gasteiger partial charge in [0.25, 0.3) is 5.91 Å². The lowest BCUT2D eigenvalue weighted by atomic mass is 9.99. The smallest absolute Gasteiger partial charge is 0.316 e. The Bertz CT molecular complexity index is 693. The molecular weight excluding hydrogens is 370 g/mol. The number of hydrogen-bond acceptors (Lipinski definition) is 7. The van der Waals surface area contributed by atoms with E-state index in [2.05, 4.69) is 20.5 Å². The molecule has 2 unspecified atom stereocenters. The molecule has 3 saturated heterocycles. The third-order valence-corrected chi connectivity index (χ3v) is 5.13. The molecule has 0 aromatic carbocycles. The molecule has 4 amide bonds. The summed E-state index contributed by atoms with van der Waals surface area (Å²) in [5.41, 5.74) is 4.70. The highest BCUT2D eigenvalue weighted by atomic mass is 32.3. The second-order valence-corrected chi connectivity index (χ2v) is 7.54. The van der Waals surface area contributed by atoms with Gasteiger partial charge in [0.05, 0.1) is 12.0 Å². The summed E-state index contributed by atoms with van der Waals surface area (Å²) in [7, 11) is -4.84. The van der Waals surface area contributed by atoms with E-state index in [9.17, 15) is 22.8 Å².